The van der Waals surface area contributed by atoms with E-state index in [0.717, 1.165) is 18.4 Å². The maximum Gasteiger partial charge on any atom is 0.337 e. The van der Waals surface area contributed by atoms with E-state index in [4.69, 9.17) is 4.74 Å². The summed E-state index contributed by atoms with van der Waals surface area (Å²) >= 11 is 0. The van der Waals surface area contributed by atoms with Gasteiger partial charge in [-0.25, -0.2) is 4.79 Å². The second-order valence-corrected chi connectivity index (χ2v) is 3.77. The molecule has 2 rings (SSSR count). The Morgan fingerprint density at radius 3 is 2.81 bits per heavy atom. The van der Waals surface area contributed by atoms with Crippen molar-refractivity contribution in [1.82, 2.24) is 0 Å². The maximum atomic E-state index is 11.4. The molecule has 0 unspecified atom stereocenters. The van der Waals surface area contributed by atoms with Gasteiger partial charge < -0.3 is 9.47 Å². The van der Waals surface area contributed by atoms with E-state index < -0.39 is 0 Å². The fraction of sp³-hybridized carbons (Fsp3) is 0.308. The molecule has 3 nitrogen and oxygen atoms in total. The lowest BCUT2D eigenvalue weighted by molar-refractivity contribution is 0.0600. The first-order valence-electron chi connectivity index (χ1n) is 5.26. The van der Waals surface area contributed by atoms with E-state index in [1.165, 1.54) is 7.11 Å². The highest BCUT2D eigenvalue weighted by molar-refractivity contribution is 5.90. The Morgan fingerprint density at radius 1 is 1.50 bits per heavy atom. The molecule has 84 valence electrons. The number of ether oxygens (including phenoxy) is 2. The molecule has 1 aliphatic carbocycles. The molecule has 1 aromatic rings. The molecule has 16 heavy (non-hydrogen) atoms. The van der Waals surface area contributed by atoms with Gasteiger partial charge in [-0.1, -0.05) is 18.7 Å². The minimum absolute atomic E-state index is 0.298. The summed E-state index contributed by atoms with van der Waals surface area (Å²) in [4.78, 5) is 11.4. The van der Waals surface area contributed by atoms with Gasteiger partial charge in [0, 0.05) is 5.56 Å². The summed E-state index contributed by atoms with van der Waals surface area (Å²) in [6.07, 6.45) is 4.18. The standard InChI is InChI=1S/C13H14O3/c1-3-9-4-5-10(13(14)15-2)8-12(9)16-11-6-7-11/h3-5,8,11H,1,6-7H2,2H3. The van der Waals surface area contributed by atoms with Gasteiger partial charge in [0.1, 0.15) is 5.75 Å². The van der Waals surface area contributed by atoms with Gasteiger partial charge in [0.15, 0.2) is 0 Å². The van der Waals surface area contributed by atoms with Gasteiger partial charge >= 0.3 is 5.97 Å². The fourth-order valence-electron chi connectivity index (χ4n) is 1.42. The average molecular weight is 218 g/mol. The number of carbonyl (C=O) groups excluding carboxylic acids is 1. The molecule has 0 aliphatic heterocycles. The normalized spacial score (nSPS) is 14.3. The van der Waals surface area contributed by atoms with E-state index in [2.05, 4.69) is 11.3 Å². The van der Waals surface area contributed by atoms with Crippen LogP contribution in [-0.2, 0) is 4.74 Å². The van der Waals surface area contributed by atoms with E-state index in [-0.39, 0.29) is 5.97 Å². The highest BCUT2D eigenvalue weighted by Crippen LogP contribution is 2.30. The molecule has 0 spiro atoms. The molecular formula is C13H14O3. The zero-order chi connectivity index (χ0) is 11.5. The van der Waals surface area contributed by atoms with Crippen molar-refractivity contribution in [1.29, 1.82) is 0 Å². The van der Waals surface area contributed by atoms with E-state index in [0.29, 0.717) is 17.4 Å². The summed E-state index contributed by atoms with van der Waals surface area (Å²) in [5.74, 6) is 0.358. The number of benzene rings is 1. The van der Waals surface area contributed by atoms with Gasteiger partial charge in [-0.15, -0.1) is 0 Å². The lowest BCUT2D eigenvalue weighted by atomic mass is 10.1. The lowest BCUT2D eigenvalue weighted by Crippen LogP contribution is -2.04. The summed E-state index contributed by atoms with van der Waals surface area (Å²) in [7, 11) is 1.37. The smallest absolute Gasteiger partial charge is 0.337 e. The summed E-state index contributed by atoms with van der Waals surface area (Å²) in [6, 6.07) is 5.24. The van der Waals surface area contributed by atoms with Gasteiger partial charge in [-0.3, -0.25) is 0 Å². The van der Waals surface area contributed by atoms with Crippen LogP contribution < -0.4 is 4.74 Å². The largest absolute Gasteiger partial charge is 0.490 e. The molecule has 0 heterocycles. The van der Waals surface area contributed by atoms with Crippen LogP contribution in [0, 0.1) is 0 Å². The fourth-order valence-corrected chi connectivity index (χ4v) is 1.42. The molecule has 0 bridgehead atoms. The first kappa shape index (κ1) is 10.7. The third kappa shape index (κ3) is 2.24. The van der Waals surface area contributed by atoms with E-state index in [1.807, 2.05) is 6.07 Å². The summed E-state index contributed by atoms with van der Waals surface area (Å²) in [5, 5.41) is 0. The van der Waals surface area contributed by atoms with Gasteiger partial charge in [0.25, 0.3) is 0 Å². The number of esters is 1. The molecule has 0 radical (unpaired) electrons. The zero-order valence-corrected chi connectivity index (χ0v) is 9.23. The Hall–Kier alpha value is -1.77. The van der Waals surface area contributed by atoms with Crippen LogP contribution in [0.15, 0.2) is 24.8 Å². The van der Waals surface area contributed by atoms with Crippen molar-refractivity contribution in [2.24, 2.45) is 0 Å². The van der Waals surface area contributed by atoms with Crippen LogP contribution in [-0.4, -0.2) is 19.2 Å². The van der Waals surface area contributed by atoms with Crippen molar-refractivity contribution in [3.05, 3.63) is 35.9 Å². The molecule has 0 aromatic heterocycles. The highest BCUT2D eigenvalue weighted by atomic mass is 16.5. The van der Waals surface area contributed by atoms with Gasteiger partial charge in [0.05, 0.1) is 18.8 Å². The van der Waals surface area contributed by atoms with Crippen LogP contribution in [0.2, 0.25) is 0 Å². The van der Waals surface area contributed by atoms with Gasteiger partial charge in [-0.2, -0.15) is 0 Å². The lowest BCUT2D eigenvalue weighted by Gasteiger charge is -2.09. The van der Waals surface area contributed by atoms with Crippen LogP contribution >= 0.6 is 0 Å². The van der Waals surface area contributed by atoms with Crippen molar-refractivity contribution < 1.29 is 14.3 Å². The van der Waals surface area contributed by atoms with Crippen molar-refractivity contribution in [2.45, 2.75) is 18.9 Å². The second-order valence-electron chi connectivity index (χ2n) is 3.77. The first-order valence-corrected chi connectivity index (χ1v) is 5.26. The predicted octanol–water partition coefficient (Wildman–Crippen LogP) is 2.66. The quantitative estimate of drug-likeness (QED) is 0.729. The van der Waals surface area contributed by atoms with Crippen molar-refractivity contribution in [2.75, 3.05) is 7.11 Å². The SMILES string of the molecule is C=Cc1ccc(C(=O)OC)cc1OC1CC1. The Labute approximate surface area is 94.7 Å². The number of hydrogen-bond acceptors (Lipinski definition) is 3. The van der Waals surface area contributed by atoms with Crippen LogP contribution in [0.25, 0.3) is 6.08 Å². The molecule has 0 N–H and O–H groups in total. The summed E-state index contributed by atoms with van der Waals surface area (Å²) < 4.78 is 10.4. The first-order chi connectivity index (χ1) is 7.74. The van der Waals surface area contributed by atoms with Crippen molar-refractivity contribution in [3.8, 4) is 5.75 Å². The topological polar surface area (TPSA) is 35.5 Å². The summed E-state index contributed by atoms with van der Waals surface area (Å²) in [5.41, 5.74) is 1.41. The van der Waals surface area contributed by atoms with Crippen LogP contribution in [0.1, 0.15) is 28.8 Å². The second kappa shape index (κ2) is 4.39. The van der Waals surface area contributed by atoms with Crippen LogP contribution in [0.5, 0.6) is 5.75 Å². The molecule has 0 saturated heterocycles. The maximum absolute atomic E-state index is 11.4. The van der Waals surface area contributed by atoms with Crippen LogP contribution in [0.3, 0.4) is 0 Å². The number of carbonyl (C=O) groups is 1. The average Bonchev–Trinajstić information content (AvgIpc) is 3.12. The molecule has 3 heteroatoms. The molecular weight excluding hydrogens is 204 g/mol. The number of methoxy groups -OCH3 is 1. The zero-order valence-electron chi connectivity index (χ0n) is 9.23. The third-order valence-electron chi connectivity index (χ3n) is 2.47. The predicted molar refractivity (Wildman–Crippen MR) is 61.5 cm³/mol. The highest BCUT2D eigenvalue weighted by Gasteiger charge is 2.24. The number of rotatable bonds is 4. The molecule has 0 atom stereocenters. The monoisotopic (exact) mass is 218 g/mol. The number of hydrogen-bond donors (Lipinski definition) is 0. The molecule has 1 fully saturated rings. The molecule has 1 aromatic carbocycles. The van der Waals surface area contributed by atoms with E-state index in [1.54, 1.807) is 18.2 Å². The third-order valence-corrected chi connectivity index (χ3v) is 2.47. The van der Waals surface area contributed by atoms with Gasteiger partial charge in [0.2, 0.25) is 0 Å². The van der Waals surface area contributed by atoms with E-state index in [9.17, 15) is 4.79 Å². The minimum atomic E-state index is -0.351. The van der Waals surface area contributed by atoms with Crippen molar-refractivity contribution >= 4 is 12.0 Å². The molecule has 1 saturated carbocycles. The minimum Gasteiger partial charge on any atom is -0.490 e. The molecule has 0 amide bonds. The van der Waals surface area contributed by atoms with Crippen molar-refractivity contribution in [3.63, 3.8) is 0 Å². The van der Waals surface area contributed by atoms with Crippen LogP contribution in [0.4, 0.5) is 0 Å². The molecule has 1 aliphatic rings. The Kier molecular flexibility index (Phi) is 2.95. The Bertz CT molecular complexity index is 419. The Morgan fingerprint density at radius 2 is 2.25 bits per heavy atom. The van der Waals surface area contributed by atoms with E-state index >= 15 is 0 Å². The summed E-state index contributed by atoms with van der Waals surface area (Å²) in [6.45, 7) is 3.72. The Balaban J connectivity index is 2.29. The van der Waals surface area contributed by atoms with Gasteiger partial charge in [-0.05, 0) is 25.0 Å².